The summed E-state index contributed by atoms with van der Waals surface area (Å²) in [5.41, 5.74) is 21.2. The first-order valence-corrected chi connectivity index (χ1v) is 17.7. The van der Waals surface area contributed by atoms with E-state index in [2.05, 4.69) is 178 Å². The average Bonchev–Trinajstić information content (AvgIpc) is 3.57. The summed E-state index contributed by atoms with van der Waals surface area (Å²) < 4.78 is 2.64. The number of hydrogen-bond acceptors (Lipinski definition) is 1. The predicted octanol–water partition coefficient (Wildman–Crippen LogP) is 9.82. The maximum absolute atomic E-state index is 2.64. The Morgan fingerprint density at radius 3 is 2.14 bits per heavy atom. The monoisotopic (exact) mass is 630 g/mol. The van der Waals surface area contributed by atoms with Crippen LogP contribution in [0.1, 0.15) is 56.9 Å². The van der Waals surface area contributed by atoms with E-state index in [1.54, 1.807) is 0 Å². The van der Waals surface area contributed by atoms with E-state index in [-0.39, 0.29) is 17.5 Å². The molecule has 49 heavy (non-hydrogen) atoms. The summed E-state index contributed by atoms with van der Waals surface area (Å²) in [5, 5.41) is 1.38. The number of hydrogen-bond donors (Lipinski definition) is 0. The van der Waals surface area contributed by atoms with Crippen molar-refractivity contribution in [2.24, 2.45) is 0 Å². The fourth-order valence-corrected chi connectivity index (χ4v) is 9.37. The second kappa shape index (κ2) is 9.67. The quantitative estimate of drug-likeness (QED) is 0.173. The number of para-hydroxylation sites is 2. The highest BCUT2D eigenvalue weighted by atomic mass is 15.2. The molecule has 0 saturated heterocycles. The molecule has 3 heteroatoms. The van der Waals surface area contributed by atoms with E-state index in [4.69, 9.17) is 0 Å². The highest BCUT2D eigenvalue weighted by Crippen LogP contribution is 2.54. The zero-order chi connectivity index (χ0) is 33.4. The van der Waals surface area contributed by atoms with Crippen LogP contribution in [0.5, 0.6) is 0 Å². The van der Waals surface area contributed by atoms with Crippen LogP contribution in [-0.4, -0.2) is 11.3 Å². The Bertz CT molecular complexity index is 2530. The lowest BCUT2D eigenvalue weighted by Gasteiger charge is -2.41. The Kier molecular flexibility index (Phi) is 5.66. The molecule has 2 aliphatic heterocycles. The predicted molar refractivity (Wildman–Crippen MR) is 209 cm³/mol. The summed E-state index contributed by atoms with van der Waals surface area (Å²) >= 11 is 0. The van der Waals surface area contributed by atoms with Crippen LogP contribution in [0.25, 0.3) is 39.0 Å². The second-order valence-electron chi connectivity index (χ2n) is 15.9. The maximum atomic E-state index is 2.64. The van der Waals surface area contributed by atoms with Crippen molar-refractivity contribution in [3.05, 3.63) is 150 Å². The van der Waals surface area contributed by atoms with Crippen LogP contribution in [0, 0.1) is 6.92 Å². The molecule has 0 N–H and O–H groups in total. The number of aromatic nitrogens is 1. The van der Waals surface area contributed by atoms with E-state index in [9.17, 15) is 0 Å². The van der Waals surface area contributed by atoms with Gasteiger partial charge in [-0.2, -0.15) is 0 Å². The number of benzene rings is 6. The van der Waals surface area contributed by atoms with Crippen LogP contribution < -0.4 is 21.3 Å². The Morgan fingerprint density at radius 2 is 1.33 bits per heavy atom. The summed E-state index contributed by atoms with van der Waals surface area (Å²) in [6.07, 6.45) is 0. The highest BCUT2D eigenvalue weighted by molar-refractivity contribution is 7.00. The van der Waals surface area contributed by atoms with Crippen LogP contribution in [0.2, 0.25) is 0 Å². The van der Waals surface area contributed by atoms with Crippen LogP contribution in [0.3, 0.4) is 0 Å². The minimum absolute atomic E-state index is 0.0312. The number of aryl methyl sites for hydroxylation is 1. The normalized spacial score (nSPS) is 14.8. The van der Waals surface area contributed by atoms with Gasteiger partial charge >= 0.3 is 0 Å². The van der Waals surface area contributed by atoms with Crippen molar-refractivity contribution in [1.29, 1.82) is 0 Å². The van der Waals surface area contributed by atoms with Crippen LogP contribution in [-0.2, 0) is 10.8 Å². The first-order chi connectivity index (χ1) is 23.6. The molecular formula is C46H39BN2. The second-order valence-corrected chi connectivity index (χ2v) is 15.9. The van der Waals surface area contributed by atoms with Crippen molar-refractivity contribution in [2.45, 2.75) is 52.4 Å². The van der Waals surface area contributed by atoms with Gasteiger partial charge < -0.3 is 9.47 Å². The Hall–Kier alpha value is -5.28. The molecular weight excluding hydrogens is 591 g/mol. The minimum Gasteiger partial charge on any atom is -0.311 e. The molecule has 1 aromatic heterocycles. The zero-order valence-electron chi connectivity index (χ0n) is 29.1. The van der Waals surface area contributed by atoms with Gasteiger partial charge in [-0.05, 0) is 86.9 Å². The van der Waals surface area contributed by atoms with Gasteiger partial charge in [-0.3, -0.25) is 0 Å². The molecule has 0 fully saturated rings. The molecule has 0 bridgehead atoms. The lowest BCUT2D eigenvalue weighted by molar-refractivity contribution is 0.590. The standard InChI is InChI=1S/C46H39BN2/c1-28-25-39-42-40(26-28)49-43-32(41-44(49)31-17-10-11-19-34(31)46(41,5)6)18-14-21-36(43)47(42)35-20-12-13-22-38(35)48(39)37-24-23-30(45(2,3)4)27-33(37)29-15-8-7-9-16-29/h7-27H,1-6H3. The van der Waals surface area contributed by atoms with Crippen molar-refractivity contribution in [2.75, 3.05) is 4.90 Å². The molecule has 3 aliphatic rings. The van der Waals surface area contributed by atoms with Crippen LogP contribution in [0.4, 0.5) is 17.1 Å². The number of rotatable bonds is 2. The summed E-state index contributed by atoms with van der Waals surface area (Å²) in [6, 6.07) is 48.2. The highest BCUT2D eigenvalue weighted by Gasteiger charge is 2.47. The molecule has 236 valence electrons. The summed E-state index contributed by atoms with van der Waals surface area (Å²) in [6.45, 7) is 14.1. The van der Waals surface area contributed by atoms with Gasteiger partial charge in [-0.1, -0.05) is 132 Å². The van der Waals surface area contributed by atoms with Crippen LogP contribution in [0.15, 0.2) is 127 Å². The van der Waals surface area contributed by atoms with E-state index in [0.717, 1.165) is 0 Å². The van der Waals surface area contributed by atoms with Crippen LogP contribution >= 0.6 is 0 Å². The van der Waals surface area contributed by atoms with E-state index in [1.165, 1.54) is 94.7 Å². The number of nitrogens with zero attached hydrogens (tertiary/aromatic N) is 2. The van der Waals surface area contributed by atoms with Crippen molar-refractivity contribution >= 4 is 51.1 Å². The lowest BCUT2D eigenvalue weighted by atomic mass is 9.33. The molecule has 0 unspecified atom stereocenters. The summed E-state index contributed by atoms with van der Waals surface area (Å²) in [4.78, 5) is 2.57. The Morgan fingerprint density at radius 1 is 0.612 bits per heavy atom. The maximum Gasteiger partial charge on any atom is 0.252 e. The van der Waals surface area contributed by atoms with E-state index < -0.39 is 0 Å². The van der Waals surface area contributed by atoms with Gasteiger partial charge in [0.15, 0.2) is 0 Å². The average molecular weight is 631 g/mol. The van der Waals surface area contributed by atoms with Crippen molar-refractivity contribution < 1.29 is 0 Å². The number of fused-ring (bicyclic) bond motifs is 9. The number of anilines is 3. The lowest BCUT2D eigenvalue weighted by Crippen LogP contribution is -2.60. The van der Waals surface area contributed by atoms with Gasteiger partial charge in [0.1, 0.15) is 0 Å². The van der Waals surface area contributed by atoms with Gasteiger partial charge in [-0.15, -0.1) is 0 Å². The molecule has 10 rings (SSSR count). The molecule has 0 spiro atoms. The third-order valence-electron chi connectivity index (χ3n) is 11.5. The molecule has 3 heterocycles. The van der Waals surface area contributed by atoms with Gasteiger partial charge in [0.2, 0.25) is 0 Å². The summed E-state index contributed by atoms with van der Waals surface area (Å²) in [5.74, 6) is 0. The van der Waals surface area contributed by atoms with Gasteiger partial charge in [-0.25, -0.2) is 0 Å². The molecule has 1 aliphatic carbocycles. The van der Waals surface area contributed by atoms with Gasteiger partial charge in [0.25, 0.3) is 6.71 Å². The Balaban J connectivity index is 1.34. The van der Waals surface area contributed by atoms with E-state index in [1.807, 2.05) is 0 Å². The zero-order valence-corrected chi connectivity index (χ0v) is 29.1. The van der Waals surface area contributed by atoms with Gasteiger partial charge in [0, 0.05) is 44.5 Å². The fourth-order valence-electron chi connectivity index (χ4n) is 9.37. The third-order valence-corrected chi connectivity index (χ3v) is 11.5. The summed E-state index contributed by atoms with van der Waals surface area (Å²) in [7, 11) is 0. The third kappa shape index (κ3) is 3.74. The topological polar surface area (TPSA) is 8.17 Å². The molecule has 2 nitrogen and oxygen atoms in total. The minimum atomic E-state index is -0.0930. The largest absolute Gasteiger partial charge is 0.311 e. The fraction of sp³-hybridized carbons (Fsp3) is 0.174. The molecule has 0 radical (unpaired) electrons. The molecule has 7 aromatic rings. The van der Waals surface area contributed by atoms with E-state index >= 15 is 0 Å². The molecule has 0 saturated carbocycles. The van der Waals surface area contributed by atoms with Crippen molar-refractivity contribution in [1.82, 2.24) is 4.57 Å². The molecule has 0 atom stereocenters. The first kappa shape index (κ1) is 28.7. The molecule has 0 amide bonds. The molecule has 6 aromatic carbocycles. The van der Waals surface area contributed by atoms with Crippen molar-refractivity contribution in [3.63, 3.8) is 0 Å². The first-order valence-electron chi connectivity index (χ1n) is 17.7. The van der Waals surface area contributed by atoms with Gasteiger partial charge in [0.05, 0.1) is 11.4 Å². The van der Waals surface area contributed by atoms with E-state index in [0.29, 0.717) is 0 Å². The van der Waals surface area contributed by atoms with Crippen molar-refractivity contribution in [3.8, 4) is 28.1 Å². The smallest absolute Gasteiger partial charge is 0.252 e. The Labute approximate surface area is 289 Å². The SMILES string of the molecule is Cc1cc2c3c(c1)-n1c4c(c5cccc(c51)B3c1ccccc1N2c1ccc(C(C)(C)C)cc1-c1ccccc1)C(C)(C)c1ccccc1-4.